The summed E-state index contributed by atoms with van der Waals surface area (Å²) < 4.78 is 13.6. The first kappa shape index (κ1) is 15.1. The fraction of sp³-hybridized carbons (Fsp3) is 0.733. The molecular weight excluding hydrogens is 286 g/mol. The summed E-state index contributed by atoms with van der Waals surface area (Å²) in [5.74, 6) is 1.63. The molecule has 5 nitrogen and oxygen atoms in total. The molecule has 2 fully saturated rings. The molecule has 0 aromatic carbocycles. The topological polar surface area (TPSA) is 66.2 Å². The second-order valence-electron chi connectivity index (χ2n) is 6.28. The van der Waals surface area contributed by atoms with Gasteiger partial charge in [0, 0.05) is 0 Å². The molecule has 0 aromatic rings. The Balaban J connectivity index is 1.70. The van der Waals surface area contributed by atoms with Crippen LogP contribution in [0.5, 0.6) is 0 Å². The normalized spacial score (nSPS) is 26.9. The number of hydrogen-bond donors (Lipinski definition) is 2. The number of amides is 1. The van der Waals surface area contributed by atoms with Gasteiger partial charge in [-0.25, -0.2) is 0 Å². The molecule has 0 atom stereocenters. The summed E-state index contributed by atoms with van der Waals surface area (Å²) in [6, 6.07) is 0. The van der Waals surface area contributed by atoms with Crippen LogP contribution in [0.25, 0.3) is 0 Å². The molecule has 1 aliphatic carbocycles. The Morgan fingerprint density at radius 3 is 2.62 bits per heavy atom. The van der Waals surface area contributed by atoms with E-state index < -0.39 is 16.4 Å². The van der Waals surface area contributed by atoms with Crippen LogP contribution >= 0.6 is 0 Å². The third kappa shape index (κ3) is 2.89. The zero-order chi connectivity index (χ0) is 14.9. The number of hydrogen-bond acceptors (Lipinski definition) is 3. The van der Waals surface area contributed by atoms with Crippen molar-refractivity contribution in [2.45, 2.75) is 50.5 Å². The Kier molecular flexibility index (Phi) is 4.38. The average Bonchev–Trinajstić information content (AvgIpc) is 2.85. The Morgan fingerprint density at radius 1 is 1.33 bits per heavy atom. The molecule has 0 bridgehead atoms. The van der Waals surface area contributed by atoms with Crippen LogP contribution in [0.4, 0.5) is 0 Å². The molecule has 2 heterocycles. The van der Waals surface area contributed by atoms with Gasteiger partial charge in [-0.1, -0.05) is 0 Å². The number of piperidine rings is 1. The molecule has 1 amide bonds. The molecule has 3 rings (SSSR count). The van der Waals surface area contributed by atoms with Crippen LogP contribution in [-0.4, -0.2) is 34.7 Å². The zero-order valence-corrected chi connectivity index (χ0v) is 13.2. The summed E-state index contributed by atoms with van der Waals surface area (Å²) in [6.07, 6.45) is 7.57. The van der Waals surface area contributed by atoms with Crippen molar-refractivity contribution in [1.82, 2.24) is 9.62 Å². The molecule has 1 spiro atoms. The maximum absolute atomic E-state index is 12.4. The summed E-state index contributed by atoms with van der Waals surface area (Å²) in [6.45, 7) is 4.90. The molecule has 1 saturated heterocycles. The minimum atomic E-state index is -1.12. The van der Waals surface area contributed by atoms with E-state index in [1.807, 2.05) is 4.31 Å². The fourth-order valence-electron chi connectivity index (χ4n) is 3.69. The quantitative estimate of drug-likeness (QED) is 0.530. The van der Waals surface area contributed by atoms with E-state index in [4.69, 9.17) is 0 Å². The van der Waals surface area contributed by atoms with Crippen molar-refractivity contribution in [2.75, 3.05) is 13.1 Å². The average molecular weight is 310 g/mol. The minimum absolute atomic E-state index is 0.104. The van der Waals surface area contributed by atoms with Gasteiger partial charge >= 0.3 is 128 Å². The predicted molar refractivity (Wildman–Crippen MR) is 82.5 cm³/mol. The summed E-state index contributed by atoms with van der Waals surface area (Å²) in [7, 11) is -1.12. The molecule has 2 N–H and O–H groups in total. The molecule has 1 saturated carbocycles. The van der Waals surface area contributed by atoms with Crippen molar-refractivity contribution in [3.8, 4) is 0 Å². The van der Waals surface area contributed by atoms with Crippen molar-refractivity contribution in [2.24, 2.45) is 5.92 Å². The zero-order valence-electron chi connectivity index (χ0n) is 12.4. The second-order valence-corrected chi connectivity index (χ2v) is 7.68. The first-order valence-electron chi connectivity index (χ1n) is 7.89. The van der Waals surface area contributed by atoms with E-state index in [1.165, 1.54) is 37.5 Å². The van der Waals surface area contributed by atoms with E-state index in [1.54, 1.807) is 0 Å². The van der Waals surface area contributed by atoms with Crippen molar-refractivity contribution in [3.63, 3.8) is 0 Å². The first-order chi connectivity index (χ1) is 10.1. The van der Waals surface area contributed by atoms with Gasteiger partial charge in [0.2, 0.25) is 0 Å². The van der Waals surface area contributed by atoms with Crippen molar-refractivity contribution < 1.29 is 13.8 Å². The van der Waals surface area contributed by atoms with Crippen LogP contribution in [0, 0.1) is 5.92 Å². The van der Waals surface area contributed by atoms with Gasteiger partial charge in [0.25, 0.3) is 0 Å². The van der Waals surface area contributed by atoms with Gasteiger partial charge in [-0.05, 0) is 0 Å². The Bertz CT molecular complexity index is 535. The van der Waals surface area contributed by atoms with Gasteiger partial charge in [-0.3, -0.25) is 0 Å². The number of carbonyl (C=O) groups excluding carboxylic acids is 1. The van der Waals surface area contributed by atoms with Gasteiger partial charge < -0.3 is 0 Å². The Morgan fingerprint density at radius 2 is 2.00 bits per heavy atom. The van der Waals surface area contributed by atoms with Crippen LogP contribution < -0.4 is 10.3 Å². The maximum atomic E-state index is 12.4. The SMILES string of the molecule is C=C[S-](#[O+])N1CCC2(CC1)[NH+]=C(C1CCCCC1)NC2=O. The third-order valence-corrected chi connectivity index (χ3v) is 6.20. The van der Waals surface area contributed by atoms with Gasteiger partial charge in [-0.15, -0.1) is 0 Å². The molecular formula is C15H24N3O2S+. The van der Waals surface area contributed by atoms with Crippen LogP contribution in [0.15, 0.2) is 12.0 Å². The van der Waals surface area contributed by atoms with E-state index in [0.29, 0.717) is 31.8 Å². The van der Waals surface area contributed by atoms with Crippen LogP contribution in [0.2, 0.25) is 0 Å². The van der Waals surface area contributed by atoms with Crippen molar-refractivity contribution >= 4 is 22.6 Å². The van der Waals surface area contributed by atoms with E-state index in [2.05, 4.69) is 16.9 Å². The summed E-state index contributed by atoms with van der Waals surface area (Å²) in [4.78, 5) is 15.9. The van der Waals surface area contributed by atoms with Crippen LogP contribution in [0.1, 0.15) is 44.9 Å². The van der Waals surface area contributed by atoms with Crippen LogP contribution in [0.3, 0.4) is 0 Å². The fourth-order valence-corrected chi connectivity index (χ4v) is 4.44. The van der Waals surface area contributed by atoms with E-state index in [-0.39, 0.29) is 5.91 Å². The van der Waals surface area contributed by atoms with Gasteiger partial charge in [0.05, 0.1) is 0 Å². The Labute approximate surface area is 128 Å². The molecule has 3 aliphatic rings. The first-order valence-corrected chi connectivity index (χ1v) is 9.06. The van der Waals surface area contributed by atoms with E-state index >= 15 is 0 Å². The second kappa shape index (κ2) is 6.10. The predicted octanol–water partition coefficient (Wildman–Crippen LogP) is 0.0325. The number of nitrogens with zero attached hydrogens (tertiary/aromatic N) is 1. The molecule has 6 heteroatoms. The standard InChI is InChI=1S/C15H23N3O2S/c1-2-21(20)18-10-8-15(9-11-18)14(19)16-13(17-15)12-6-4-3-5-7-12/h2,12H,1,3-11H2,(H,16,17,19)/p+1. The monoisotopic (exact) mass is 310 g/mol. The molecule has 21 heavy (non-hydrogen) atoms. The summed E-state index contributed by atoms with van der Waals surface area (Å²) >= 11 is 0. The van der Waals surface area contributed by atoms with Gasteiger partial charge in [0.15, 0.2) is 0 Å². The van der Waals surface area contributed by atoms with Crippen LogP contribution in [-0.2, 0) is 19.7 Å². The number of carbonyl (C=O) groups is 1. The molecule has 0 radical (unpaired) electrons. The molecule has 0 unspecified atom stereocenters. The molecule has 0 aromatic heterocycles. The molecule has 116 valence electrons. The summed E-state index contributed by atoms with van der Waals surface area (Å²) in [5, 5.41) is 4.55. The number of amidine groups is 1. The van der Waals surface area contributed by atoms with Gasteiger partial charge in [0.1, 0.15) is 0 Å². The van der Waals surface area contributed by atoms with Gasteiger partial charge in [-0.2, -0.15) is 0 Å². The third-order valence-electron chi connectivity index (χ3n) is 5.04. The summed E-state index contributed by atoms with van der Waals surface area (Å²) in [5.41, 5.74) is -0.478. The number of nitrogens with one attached hydrogen (secondary N) is 2. The number of rotatable bonds is 1. The van der Waals surface area contributed by atoms with E-state index in [9.17, 15) is 8.84 Å². The molecule has 2 aliphatic heterocycles. The van der Waals surface area contributed by atoms with E-state index in [0.717, 1.165) is 5.84 Å². The van der Waals surface area contributed by atoms with Crippen molar-refractivity contribution in [1.29, 1.82) is 0 Å². The Hall–Kier alpha value is -0.850. The van der Waals surface area contributed by atoms with Crippen molar-refractivity contribution in [3.05, 3.63) is 12.0 Å².